The fourth-order valence-electron chi connectivity index (χ4n) is 2.91. The quantitative estimate of drug-likeness (QED) is 0.814. The topological polar surface area (TPSA) is 73.7 Å². The van der Waals surface area contributed by atoms with Crippen molar-refractivity contribution in [2.45, 2.75) is 32.5 Å². The first-order valence-electron chi connectivity index (χ1n) is 8.56. The summed E-state index contributed by atoms with van der Waals surface area (Å²) in [5.41, 5.74) is 3.68. The van der Waals surface area contributed by atoms with E-state index >= 15 is 0 Å². The van der Waals surface area contributed by atoms with Crippen molar-refractivity contribution in [3.63, 3.8) is 0 Å². The molecule has 0 saturated carbocycles. The van der Waals surface area contributed by atoms with Crippen molar-refractivity contribution in [1.29, 1.82) is 0 Å². The van der Waals surface area contributed by atoms with Gasteiger partial charge in [-0.2, -0.15) is 0 Å². The summed E-state index contributed by atoms with van der Waals surface area (Å²) in [4.78, 5) is 9.14. The molecule has 6 nitrogen and oxygen atoms in total. The van der Waals surface area contributed by atoms with Crippen LogP contribution in [0.3, 0.4) is 0 Å². The predicted molar refractivity (Wildman–Crippen MR) is 96.0 cm³/mol. The van der Waals surface area contributed by atoms with Crippen molar-refractivity contribution in [2.75, 3.05) is 20.3 Å². The van der Waals surface area contributed by atoms with Gasteiger partial charge in [-0.25, -0.2) is 4.98 Å². The zero-order valence-electron chi connectivity index (χ0n) is 14.9. The van der Waals surface area contributed by atoms with E-state index in [0.29, 0.717) is 31.2 Å². The second kappa shape index (κ2) is 7.84. The van der Waals surface area contributed by atoms with E-state index in [-0.39, 0.29) is 5.92 Å². The van der Waals surface area contributed by atoms with Gasteiger partial charge in [0.1, 0.15) is 0 Å². The first kappa shape index (κ1) is 17.7. The third-order valence-electron chi connectivity index (χ3n) is 4.32. The minimum absolute atomic E-state index is 0.149. The molecule has 25 heavy (non-hydrogen) atoms. The average molecular weight is 342 g/mol. The summed E-state index contributed by atoms with van der Waals surface area (Å²) in [6, 6.07) is 5.85. The van der Waals surface area contributed by atoms with Crippen LogP contribution in [0, 0.1) is 6.92 Å². The van der Waals surface area contributed by atoms with Crippen LogP contribution in [0.2, 0.25) is 6.32 Å². The Labute approximate surface area is 148 Å². The molecule has 3 heterocycles. The van der Waals surface area contributed by atoms with Crippen LogP contribution in [0.25, 0.3) is 11.3 Å². The molecule has 1 atom stereocenters. The Morgan fingerprint density at radius 2 is 2.24 bits per heavy atom. The molecule has 132 valence electrons. The molecule has 1 fully saturated rings. The first-order valence-corrected chi connectivity index (χ1v) is 8.56. The van der Waals surface area contributed by atoms with Crippen molar-refractivity contribution in [3.05, 3.63) is 35.7 Å². The van der Waals surface area contributed by atoms with Gasteiger partial charge in [0.25, 0.3) is 5.88 Å². The van der Waals surface area contributed by atoms with Gasteiger partial charge in [-0.1, -0.05) is 6.92 Å². The van der Waals surface area contributed by atoms with Crippen molar-refractivity contribution in [3.8, 4) is 22.9 Å². The number of hydrogen-bond donors (Lipinski definition) is 1. The lowest BCUT2D eigenvalue weighted by atomic mass is 9.79. The maximum atomic E-state index is 9.59. The number of aromatic nitrogens is 2. The fourth-order valence-corrected chi connectivity index (χ4v) is 2.91. The Hall–Kier alpha value is -2.12. The SMILES string of the molecule is CCCOc1nc(-c2cc([C@@H]3COB(O)C3)cnc2C)ccc1OC. The molecule has 0 radical (unpaired) electrons. The second-order valence-electron chi connectivity index (χ2n) is 6.17. The van der Waals surface area contributed by atoms with Crippen LogP contribution in [0.4, 0.5) is 0 Å². The van der Waals surface area contributed by atoms with Crippen molar-refractivity contribution in [1.82, 2.24) is 9.97 Å². The minimum atomic E-state index is -0.692. The predicted octanol–water partition coefficient (Wildman–Crippen LogP) is 2.84. The van der Waals surface area contributed by atoms with Crippen molar-refractivity contribution < 1.29 is 19.2 Å². The standard InChI is InChI=1S/C18H23BN2O4/c1-4-7-24-18-17(23-3)6-5-16(21-18)15-8-13(10-20-12(15)2)14-9-19(22)25-11-14/h5-6,8,10,14,22H,4,7,9,11H2,1-3H3/t14-/m0/s1. The average Bonchev–Trinajstić information content (AvgIpc) is 3.06. The van der Waals surface area contributed by atoms with Gasteiger partial charge in [-0.05, 0) is 43.4 Å². The molecule has 1 aliphatic heterocycles. The van der Waals surface area contributed by atoms with E-state index in [1.54, 1.807) is 7.11 Å². The van der Waals surface area contributed by atoms with E-state index in [0.717, 1.165) is 28.9 Å². The maximum absolute atomic E-state index is 9.59. The molecule has 0 aliphatic carbocycles. The Morgan fingerprint density at radius 3 is 2.92 bits per heavy atom. The van der Waals surface area contributed by atoms with E-state index in [2.05, 4.69) is 16.0 Å². The van der Waals surface area contributed by atoms with Crippen LogP contribution in [0.1, 0.15) is 30.5 Å². The summed E-state index contributed by atoms with van der Waals surface area (Å²) in [7, 11) is 0.914. The van der Waals surface area contributed by atoms with Gasteiger partial charge in [-0.15, -0.1) is 0 Å². The first-order chi connectivity index (χ1) is 12.1. The zero-order valence-corrected chi connectivity index (χ0v) is 14.9. The summed E-state index contributed by atoms with van der Waals surface area (Å²) >= 11 is 0. The van der Waals surface area contributed by atoms with E-state index < -0.39 is 7.12 Å². The minimum Gasteiger partial charge on any atom is -0.491 e. The summed E-state index contributed by atoms with van der Waals surface area (Å²) in [5.74, 6) is 1.26. The molecule has 1 saturated heterocycles. The lowest BCUT2D eigenvalue weighted by Crippen LogP contribution is -2.07. The normalized spacial score (nSPS) is 17.0. The van der Waals surface area contributed by atoms with E-state index in [4.69, 9.17) is 14.1 Å². The van der Waals surface area contributed by atoms with E-state index in [1.807, 2.05) is 32.2 Å². The van der Waals surface area contributed by atoms with Crippen LogP contribution in [0.5, 0.6) is 11.6 Å². The molecule has 0 unspecified atom stereocenters. The smallest absolute Gasteiger partial charge is 0.454 e. The molecular formula is C18H23BN2O4. The van der Waals surface area contributed by atoms with Gasteiger partial charge >= 0.3 is 7.12 Å². The molecule has 1 aliphatic rings. The fraction of sp³-hybridized carbons (Fsp3) is 0.444. The molecule has 0 spiro atoms. The summed E-state index contributed by atoms with van der Waals surface area (Å²) in [5, 5.41) is 9.59. The third-order valence-corrected chi connectivity index (χ3v) is 4.32. The van der Waals surface area contributed by atoms with Gasteiger partial charge in [0, 0.05) is 30.0 Å². The van der Waals surface area contributed by atoms with E-state index in [9.17, 15) is 5.02 Å². The van der Waals surface area contributed by atoms with Crippen LogP contribution in [-0.4, -0.2) is 42.4 Å². The summed E-state index contributed by atoms with van der Waals surface area (Å²) < 4.78 is 16.3. The number of methoxy groups -OCH3 is 1. The highest BCUT2D eigenvalue weighted by atomic mass is 16.5. The Balaban J connectivity index is 1.95. The van der Waals surface area contributed by atoms with Gasteiger partial charge < -0.3 is 19.2 Å². The molecule has 2 aromatic rings. The molecule has 2 aromatic heterocycles. The molecule has 0 bridgehead atoms. The lowest BCUT2D eigenvalue weighted by molar-refractivity contribution is 0.283. The number of nitrogens with zero attached hydrogens (tertiary/aromatic N) is 2. The highest BCUT2D eigenvalue weighted by Gasteiger charge is 2.30. The molecule has 1 N–H and O–H groups in total. The summed E-state index contributed by atoms with van der Waals surface area (Å²) in [6.45, 7) is 5.09. The molecule has 0 aromatic carbocycles. The van der Waals surface area contributed by atoms with E-state index in [1.165, 1.54) is 0 Å². The number of rotatable bonds is 6. The highest BCUT2D eigenvalue weighted by Crippen LogP contribution is 2.33. The van der Waals surface area contributed by atoms with Crippen molar-refractivity contribution in [2.24, 2.45) is 0 Å². The van der Waals surface area contributed by atoms with Gasteiger partial charge in [0.05, 0.1) is 19.4 Å². The Morgan fingerprint density at radius 1 is 1.40 bits per heavy atom. The zero-order chi connectivity index (χ0) is 17.8. The van der Waals surface area contributed by atoms with Gasteiger partial charge in [0.2, 0.25) is 0 Å². The Kier molecular flexibility index (Phi) is 5.55. The Bertz CT molecular complexity index is 741. The molecular weight excluding hydrogens is 319 g/mol. The van der Waals surface area contributed by atoms with Crippen LogP contribution >= 0.6 is 0 Å². The van der Waals surface area contributed by atoms with Gasteiger partial charge in [-0.3, -0.25) is 4.98 Å². The third kappa shape index (κ3) is 3.94. The van der Waals surface area contributed by atoms with Crippen LogP contribution in [-0.2, 0) is 4.65 Å². The molecule has 3 rings (SSSR count). The number of ether oxygens (including phenoxy) is 2. The van der Waals surface area contributed by atoms with Crippen LogP contribution in [0.15, 0.2) is 24.4 Å². The number of aryl methyl sites for hydroxylation is 1. The largest absolute Gasteiger partial charge is 0.491 e. The maximum Gasteiger partial charge on any atom is 0.454 e. The lowest BCUT2D eigenvalue weighted by Gasteiger charge is -2.14. The second-order valence-corrected chi connectivity index (χ2v) is 6.17. The van der Waals surface area contributed by atoms with Crippen LogP contribution < -0.4 is 9.47 Å². The van der Waals surface area contributed by atoms with Crippen molar-refractivity contribution >= 4 is 7.12 Å². The number of pyridine rings is 2. The van der Waals surface area contributed by atoms with Gasteiger partial charge in [0.15, 0.2) is 5.75 Å². The monoisotopic (exact) mass is 342 g/mol. The number of hydrogen-bond acceptors (Lipinski definition) is 6. The highest BCUT2D eigenvalue weighted by molar-refractivity contribution is 6.43. The molecule has 0 amide bonds. The summed E-state index contributed by atoms with van der Waals surface area (Å²) in [6.07, 6.45) is 3.34. The molecule has 7 heteroatoms.